The lowest BCUT2D eigenvalue weighted by atomic mass is 10.1. The van der Waals surface area contributed by atoms with E-state index in [-0.39, 0.29) is 0 Å². The zero-order valence-electron chi connectivity index (χ0n) is 10.8. The van der Waals surface area contributed by atoms with Crippen molar-refractivity contribution in [3.8, 4) is 22.8 Å². The second-order valence-corrected chi connectivity index (χ2v) is 3.84. The zero-order chi connectivity index (χ0) is 13.0. The Labute approximate surface area is 107 Å². The van der Waals surface area contributed by atoms with Gasteiger partial charge in [0, 0.05) is 0 Å². The highest BCUT2D eigenvalue weighted by Crippen LogP contribution is 2.38. The van der Waals surface area contributed by atoms with Crippen LogP contribution in [0.4, 0.5) is 0 Å². The van der Waals surface area contributed by atoms with Crippen molar-refractivity contribution in [2.45, 2.75) is 6.54 Å². The first kappa shape index (κ1) is 12.5. The van der Waals surface area contributed by atoms with E-state index in [0.717, 1.165) is 17.1 Å². The molecule has 2 aromatic rings. The molecule has 96 valence electrons. The van der Waals surface area contributed by atoms with Crippen molar-refractivity contribution in [1.82, 2.24) is 5.32 Å². The second kappa shape index (κ2) is 5.60. The van der Waals surface area contributed by atoms with Crippen LogP contribution in [-0.2, 0) is 6.54 Å². The molecule has 0 saturated heterocycles. The highest BCUT2D eigenvalue weighted by molar-refractivity contribution is 5.70. The third kappa shape index (κ3) is 2.33. The monoisotopic (exact) mass is 247 g/mol. The first-order chi connectivity index (χ1) is 8.80. The molecule has 1 aromatic heterocycles. The van der Waals surface area contributed by atoms with Crippen LogP contribution in [0.15, 0.2) is 34.7 Å². The molecule has 0 spiro atoms. The Hall–Kier alpha value is -1.94. The predicted molar refractivity (Wildman–Crippen MR) is 70.0 cm³/mol. The Morgan fingerprint density at radius 1 is 1.11 bits per heavy atom. The molecule has 4 heteroatoms. The molecule has 2 rings (SSSR count). The Bertz CT molecular complexity index is 520. The standard InChI is InChI=1S/C14H17NO3/c1-15-9-10-7-8-12(18-10)11-5-4-6-13(16-2)14(11)17-3/h4-8,15H,9H2,1-3H3. The van der Waals surface area contributed by atoms with Gasteiger partial charge >= 0.3 is 0 Å². The van der Waals surface area contributed by atoms with Crippen LogP contribution in [0.3, 0.4) is 0 Å². The molecule has 0 aliphatic heterocycles. The van der Waals surface area contributed by atoms with Crippen molar-refractivity contribution >= 4 is 0 Å². The molecule has 0 radical (unpaired) electrons. The maximum absolute atomic E-state index is 5.75. The molecule has 0 bridgehead atoms. The number of hydrogen-bond acceptors (Lipinski definition) is 4. The van der Waals surface area contributed by atoms with E-state index in [2.05, 4.69) is 5.32 Å². The van der Waals surface area contributed by atoms with E-state index in [1.54, 1.807) is 14.2 Å². The highest BCUT2D eigenvalue weighted by Gasteiger charge is 2.14. The number of benzene rings is 1. The van der Waals surface area contributed by atoms with Gasteiger partial charge in [0.1, 0.15) is 11.5 Å². The van der Waals surface area contributed by atoms with Gasteiger partial charge in [-0.3, -0.25) is 0 Å². The molecule has 1 heterocycles. The van der Waals surface area contributed by atoms with Gasteiger partial charge in [-0.2, -0.15) is 0 Å². The van der Waals surface area contributed by atoms with E-state index in [1.807, 2.05) is 37.4 Å². The molecule has 0 aliphatic carbocycles. The number of para-hydroxylation sites is 1. The van der Waals surface area contributed by atoms with E-state index in [0.29, 0.717) is 18.0 Å². The van der Waals surface area contributed by atoms with Crippen LogP contribution in [0, 0.1) is 0 Å². The van der Waals surface area contributed by atoms with Gasteiger partial charge in [0.25, 0.3) is 0 Å². The number of hydrogen-bond donors (Lipinski definition) is 1. The van der Waals surface area contributed by atoms with E-state index in [9.17, 15) is 0 Å². The first-order valence-electron chi connectivity index (χ1n) is 5.74. The lowest BCUT2D eigenvalue weighted by Crippen LogP contribution is -2.03. The Kier molecular flexibility index (Phi) is 3.89. The van der Waals surface area contributed by atoms with Gasteiger partial charge in [-0.05, 0) is 31.3 Å². The van der Waals surface area contributed by atoms with Crippen molar-refractivity contribution in [3.05, 3.63) is 36.1 Å². The molecule has 4 nitrogen and oxygen atoms in total. The van der Waals surface area contributed by atoms with Crippen molar-refractivity contribution < 1.29 is 13.9 Å². The largest absolute Gasteiger partial charge is 0.493 e. The van der Waals surface area contributed by atoms with E-state index in [1.165, 1.54) is 0 Å². The van der Waals surface area contributed by atoms with Crippen LogP contribution >= 0.6 is 0 Å². The van der Waals surface area contributed by atoms with Gasteiger partial charge in [0.15, 0.2) is 11.5 Å². The van der Waals surface area contributed by atoms with Gasteiger partial charge in [-0.25, -0.2) is 0 Å². The molecular formula is C14H17NO3. The van der Waals surface area contributed by atoms with Crippen LogP contribution in [0.1, 0.15) is 5.76 Å². The van der Waals surface area contributed by atoms with Gasteiger partial charge in [-0.1, -0.05) is 6.07 Å². The highest BCUT2D eigenvalue weighted by atomic mass is 16.5. The average Bonchev–Trinajstić information content (AvgIpc) is 2.86. The molecule has 18 heavy (non-hydrogen) atoms. The van der Waals surface area contributed by atoms with Crippen molar-refractivity contribution in [2.75, 3.05) is 21.3 Å². The van der Waals surface area contributed by atoms with Crippen LogP contribution in [0.25, 0.3) is 11.3 Å². The SMILES string of the molecule is CNCc1ccc(-c2cccc(OC)c2OC)o1. The normalized spacial score (nSPS) is 10.4. The van der Waals surface area contributed by atoms with Gasteiger partial charge in [0.05, 0.1) is 26.3 Å². The Morgan fingerprint density at radius 2 is 1.94 bits per heavy atom. The Morgan fingerprint density at radius 3 is 2.61 bits per heavy atom. The minimum Gasteiger partial charge on any atom is -0.493 e. The third-order valence-electron chi connectivity index (χ3n) is 2.68. The summed E-state index contributed by atoms with van der Waals surface area (Å²) in [4.78, 5) is 0. The maximum atomic E-state index is 5.75. The van der Waals surface area contributed by atoms with Crippen LogP contribution in [-0.4, -0.2) is 21.3 Å². The van der Waals surface area contributed by atoms with Crippen LogP contribution < -0.4 is 14.8 Å². The fourth-order valence-electron chi connectivity index (χ4n) is 1.87. The summed E-state index contributed by atoms with van der Waals surface area (Å²) in [7, 11) is 5.13. The smallest absolute Gasteiger partial charge is 0.171 e. The topological polar surface area (TPSA) is 43.6 Å². The number of nitrogens with one attached hydrogen (secondary N) is 1. The average molecular weight is 247 g/mol. The Balaban J connectivity index is 2.42. The second-order valence-electron chi connectivity index (χ2n) is 3.84. The molecule has 0 fully saturated rings. The molecule has 0 atom stereocenters. The summed E-state index contributed by atoms with van der Waals surface area (Å²) >= 11 is 0. The molecule has 0 amide bonds. The molecule has 1 aromatic carbocycles. The fraction of sp³-hybridized carbons (Fsp3) is 0.286. The van der Waals surface area contributed by atoms with Crippen LogP contribution in [0.5, 0.6) is 11.5 Å². The summed E-state index contributed by atoms with van der Waals surface area (Å²) in [5.41, 5.74) is 0.888. The predicted octanol–water partition coefficient (Wildman–Crippen LogP) is 2.68. The summed E-state index contributed by atoms with van der Waals surface area (Å²) in [6.45, 7) is 0.701. The summed E-state index contributed by atoms with van der Waals surface area (Å²) in [6.07, 6.45) is 0. The lowest BCUT2D eigenvalue weighted by Gasteiger charge is -2.10. The van der Waals surface area contributed by atoms with Crippen molar-refractivity contribution in [1.29, 1.82) is 0 Å². The van der Waals surface area contributed by atoms with Gasteiger partial charge in [0.2, 0.25) is 0 Å². The fourth-order valence-corrected chi connectivity index (χ4v) is 1.87. The molecule has 1 N–H and O–H groups in total. The van der Waals surface area contributed by atoms with Gasteiger partial charge in [-0.15, -0.1) is 0 Å². The van der Waals surface area contributed by atoms with E-state index in [4.69, 9.17) is 13.9 Å². The summed E-state index contributed by atoms with van der Waals surface area (Å²) in [5.74, 6) is 3.04. The molecule has 0 unspecified atom stereocenters. The minimum atomic E-state index is 0.686. The number of furan rings is 1. The third-order valence-corrected chi connectivity index (χ3v) is 2.68. The lowest BCUT2D eigenvalue weighted by molar-refractivity contribution is 0.355. The molecular weight excluding hydrogens is 230 g/mol. The zero-order valence-corrected chi connectivity index (χ0v) is 10.8. The first-order valence-corrected chi connectivity index (χ1v) is 5.74. The maximum Gasteiger partial charge on any atom is 0.171 e. The number of rotatable bonds is 5. The summed E-state index contributed by atoms with van der Waals surface area (Å²) in [6, 6.07) is 9.61. The van der Waals surface area contributed by atoms with E-state index < -0.39 is 0 Å². The number of ether oxygens (including phenoxy) is 2. The quantitative estimate of drug-likeness (QED) is 0.882. The van der Waals surface area contributed by atoms with Crippen LogP contribution in [0.2, 0.25) is 0 Å². The number of methoxy groups -OCH3 is 2. The minimum absolute atomic E-state index is 0.686. The summed E-state index contributed by atoms with van der Waals surface area (Å²) < 4.78 is 16.4. The van der Waals surface area contributed by atoms with E-state index >= 15 is 0 Å². The molecule has 0 saturated carbocycles. The van der Waals surface area contributed by atoms with Gasteiger partial charge < -0.3 is 19.2 Å². The molecule has 0 aliphatic rings. The van der Waals surface area contributed by atoms with Crippen molar-refractivity contribution in [3.63, 3.8) is 0 Å². The van der Waals surface area contributed by atoms with Crippen molar-refractivity contribution in [2.24, 2.45) is 0 Å². The summed E-state index contributed by atoms with van der Waals surface area (Å²) in [5, 5.41) is 3.05.